The Hall–Kier alpha value is -1.39. The van der Waals surface area contributed by atoms with Gasteiger partial charge in [0, 0.05) is 18.9 Å². The minimum absolute atomic E-state index is 0.0413. The lowest BCUT2D eigenvalue weighted by atomic mass is 10.2. The van der Waals surface area contributed by atoms with Gasteiger partial charge in [-0.2, -0.15) is 0 Å². The standard InChI is InChI=1S/C10H17NO4/c1-8(4-3-7-12)11-9(13)5-6-10(14)15-2/h7-8H,3-6H2,1-2H3,(H,11,13)/t8-/m0/s1. The molecule has 0 aliphatic carbocycles. The Labute approximate surface area is 89.2 Å². The van der Waals surface area contributed by atoms with Gasteiger partial charge in [0.1, 0.15) is 6.29 Å². The number of hydrogen-bond acceptors (Lipinski definition) is 4. The van der Waals surface area contributed by atoms with Crippen LogP contribution in [-0.2, 0) is 19.1 Å². The summed E-state index contributed by atoms with van der Waals surface area (Å²) < 4.78 is 4.41. The molecule has 1 N–H and O–H groups in total. The number of amides is 1. The van der Waals surface area contributed by atoms with Gasteiger partial charge >= 0.3 is 5.97 Å². The van der Waals surface area contributed by atoms with E-state index in [1.54, 1.807) is 0 Å². The van der Waals surface area contributed by atoms with Crippen LogP contribution in [0.15, 0.2) is 0 Å². The molecule has 0 spiro atoms. The molecule has 0 aromatic heterocycles. The third kappa shape index (κ3) is 7.66. The van der Waals surface area contributed by atoms with Crippen LogP contribution in [0, 0.1) is 0 Å². The molecule has 0 aromatic rings. The lowest BCUT2D eigenvalue weighted by Gasteiger charge is -2.11. The van der Waals surface area contributed by atoms with E-state index < -0.39 is 5.97 Å². The Morgan fingerprint density at radius 2 is 2.07 bits per heavy atom. The summed E-state index contributed by atoms with van der Waals surface area (Å²) in [6, 6.07) is -0.0413. The maximum Gasteiger partial charge on any atom is 0.306 e. The number of hydrogen-bond donors (Lipinski definition) is 1. The first-order valence-corrected chi connectivity index (χ1v) is 4.90. The maximum absolute atomic E-state index is 11.2. The molecular weight excluding hydrogens is 198 g/mol. The van der Waals surface area contributed by atoms with E-state index in [-0.39, 0.29) is 24.8 Å². The zero-order valence-electron chi connectivity index (χ0n) is 9.12. The summed E-state index contributed by atoms with van der Waals surface area (Å²) in [5.74, 6) is -0.593. The number of aldehydes is 1. The predicted molar refractivity (Wildman–Crippen MR) is 54.2 cm³/mol. The normalized spacial score (nSPS) is 11.6. The van der Waals surface area contributed by atoms with Gasteiger partial charge in [0.2, 0.25) is 5.91 Å². The molecule has 0 saturated carbocycles. The van der Waals surface area contributed by atoms with Crippen molar-refractivity contribution in [2.75, 3.05) is 7.11 Å². The predicted octanol–water partition coefficient (Wildman–Crippen LogP) is 0.423. The fourth-order valence-electron chi connectivity index (χ4n) is 1.05. The largest absolute Gasteiger partial charge is 0.469 e. The number of nitrogens with one attached hydrogen (secondary N) is 1. The third-order valence-corrected chi connectivity index (χ3v) is 1.91. The third-order valence-electron chi connectivity index (χ3n) is 1.91. The van der Waals surface area contributed by atoms with Crippen LogP contribution in [-0.4, -0.2) is 31.3 Å². The highest BCUT2D eigenvalue weighted by Gasteiger charge is 2.09. The Morgan fingerprint density at radius 3 is 2.60 bits per heavy atom. The van der Waals surface area contributed by atoms with Crippen molar-refractivity contribution < 1.29 is 19.1 Å². The molecule has 5 nitrogen and oxygen atoms in total. The maximum atomic E-state index is 11.2. The second-order valence-corrected chi connectivity index (χ2v) is 3.29. The number of carbonyl (C=O) groups is 3. The van der Waals surface area contributed by atoms with Crippen LogP contribution in [0.5, 0.6) is 0 Å². The van der Waals surface area contributed by atoms with E-state index in [1.807, 2.05) is 6.92 Å². The molecule has 0 aromatic carbocycles. The van der Waals surface area contributed by atoms with Gasteiger partial charge in [0.15, 0.2) is 0 Å². The highest BCUT2D eigenvalue weighted by atomic mass is 16.5. The van der Waals surface area contributed by atoms with E-state index in [4.69, 9.17) is 0 Å². The summed E-state index contributed by atoms with van der Waals surface area (Å²) in [6.07, 6.45) is 2.07. The number of esters is 1. The van der Waals surface area contributed by atoms with E-state index >= 15 is 0 Å². The zero-order valence-corrected chi connectivity index (χ0v) is 9.12. The molecule has 0 aliphatic rings. The summed E-state index contributed by atoms with van der Waals surface area (Å²) in [5.41, 5.74) is 0. The molecule has 1 atom stereocenters. The molecule has 0 bridgehead atoms. The summed E-state index contributed by atoms with van der Waals surface area (Å²) in [5, 5.41) is 2.69. The van der Waals surface area contributed by atoms with Crippen LogP contribution in [0.1, 0.15) is 32.6 Å². The number of rotatable bonds is 7. The molecule has 5 heteroatoms. The summed E-state index contributed by atoms with van der Waals surface area (Å²) in [7, 11) is 1.28. The highest BCUT2D eigenvalue weighted by molar-refractivity contribution is 5.81. The quantitative estimate of drug-likeness (QED) is 0.493. The van der Waals surface area contributed by atoms with Gasteiger partial charge < -0.3 is 14.8 Å². The van der Waals surface area contributed by atoms with E-state index in [9.17, 15) is 14.4 Å². The molecule has 0 aliphatic heterocycles. The van der Waals surface area contributed by atoms with Crippen molar-refractivity contribution in [3.05, 3.63) is 0 Å². The van der Waals surface area contributed by atoms with Gasteiger partial charge in [-0.05, 0) is 13.3 Å². The number of ether oxygens (including phenoxy) is 1. The minimum atomic E-state index is -0.398. The van der Waals surface area contributed by atoms with Crippen molar-refractivity contribution in [3.8, 4) is 0 Å². The van der Waals surface area contributed by atoms with Gasteiger partial charge in [-0.3, -0.25) is 9.59 Å². The van der Waals surface area contributed by atoms with Crippen molar-refractivity contribution in [3.63, 3.8) is 0 Å². The zero-order chi connectivity index (χ0) is 11.7. The molecule has 0 radical (unpaired) electrons. The molecule has 0 unspecified atom stereocenters. The lowest BCUT2D eigenvalue weighted by molar-refractivity contribution is -0.142. The van der Waals surface area contributed by atoms with Gasteiger partial charge in [-0.1, -0.05) is 0 Å². The lowest BCUT2D eigenvalue weighted by Crippen LogP contribution is -2.32. The molecule has 1 amide bonds. The van der Waals surface area contributed by atoms with Gasteiger partial charge in [-0.25, -0.2) is 0 Å². The Bertz CT molecular complexity index is 227. The van der Waals surface area contributed by atoms with E-state index in [1.165, 1.54) is 7.11 Å². The number of carbonyl (C=O) groups excluding carboxylic acids is 3. The van der Waals surface area contributed by atoms with Gasteiger partial charge in [0.05, 0.1) is 13.5 Å². The monoisotopic (exact) mass is 215 g/mol. The number of methoxy groups -OCH3 is 1. The van der Waals surface area contributed by atoms with Crippen LogP contribution in [0.4, 0.5) is 0 Å². The van der Waals surface area contributed by atoms with Crippen molar-refractivity contribution in [2.45, 2.75) is 38.6 Å². The molecule has 86 valence electrons. The van der Waals surface area contributed by atoms with Crippen molar-refractivity contribution in [2.24, 2.45) is 0 Å². The van der Waals surface area contributed by atoms with Gasteiger partial charge in [-0.15, -0.1) is 0 Å². The Kier molecular flexibility index (Phi) is 7.23. The SMILES string of the molecule is COC(=O)CCC(=O)N[C@@H](C)CCC=O. The molecular formula is C10H17NO4. The van der Waals surface area contributed by atoms with E-state index in [0.29, 0.717) is 12.8 Å². The van der Waals surface area contributed by atoms with Crippen LogP contribution in [0.3, 0.4) is 0 Å². The Morgan fingerprint density at radius 1 is 1.40 bits per heavy atom. The van der Waals surface area contributed by atoms with Crippen LogP contribution in [0.25, 0.3) is 0 Å². The van der Waals surface area contributed by atoms with E-state index in [2.05, 4.69) is 10.1 Å². The first-order valence-electron chi connectivity index (χ1n) is 4.90. The average molecular weight is 215 g/mol. The summed E-state index contributed by atoms with van der Waals surface area (Å²) >= 11 is 0. The summed E-state index contributed by atoms with van der Waals surface area (Å²) in [6.45, 7) is 1.82. The second-order valence-electron chi connectivity index (χ2n) is 3.29. The van der Waals surface area contributed by atoms with Crippen molar-refractivity contribution >= 4 is 18.2 Å². The Balaban J connectivity index is 3.63. The topological polar surface area (TPSA) is 72.5 Å². The molecule has 0 heterocycles. The van der Waals surface area contributed by atoms with Crippen LogP contribution < -0.4 is 5.32 Å². The first-order chi connectivity index (χ1) is 7.10. The second kappa shape index (κ2) is 7.96. The summed E-state index contributed by atoms with van der Waals surface area (Å²) in [4.78, 5) is 32.0. The van der Waals surface area contributed by atoms with E-state index in [0.717, 1.165) is 6.29 Å². The van der Waals surface area contributed by atoms with Crippen LogP contribution in [0.2, 0.25) is 0 Å². The fraction of sp³-hybridized carbons (Fsp3) is 0.700. The molecule has 0 fully saturated rings. The smallest absolute Gasteiger partial charge is 0.306 e. The fourth-order valence-corrected chi connectivity index (χ4v) is 1.05. The van der Waals surface area contributed by atoms with Crippen molar-refractivity contribution in [1.82, 2.24) is 5.32 Å². The minimum Gasteiger partial charge on any atom is -0.469 e. The molecule has 0 rings (SSSR count). The van der Waals surface area contributed by atoms with Gasteiger partial charge in [0.25, 0.3) is 0 Å². The molecule has 15 heavy (non-hydrogen) atoms. The first kappa shape index (κ1) is 13.6. The molecule has 0 saturated heterocycles. The van der Waals surface area contributed by atoms with Crippen LogP contribution >= 0.6 is 0 Å². The average Bonchev–Trinajstić information content (AvgIpc) is 2.22. The highest BCUT2D eigenvalue weighted by Crippen LogP contribution is 1.97. The van der Waals surface area contributed by atoms with Crippen molar-refractivity contribution in [1.29, 1.82) is 0 Å².